The Morgan fingerprint density at radius 2 is 1.92 bits per heavy atom. The van der Waals surface area contributed by atoms with Crippen molar-refractivity contribution in [1.29, 1.82) is 0 Å². The van der Waals surface area contributed by atoms with E-state index in [0.29, 0.717) is 29.7 Å². The topological polar surface area (TPSA) is 118 Å². The predicted octanol–water partition coefficient (Wildman–Crippen LogP) is 4.29. The molecule has 10 heteroatoms. The van der Waals surface area contributed by atoms with E-state index in [4.69, 9.17) is 0 Å². The van der Waals surface area contributed by atoms with Crippen LogP contribution >= 0.6 is 0 Å². The number of rotatable bonds is 7. The van der Waals surface area contributed by atoms with Gasteiger partial charge in [0, 0.05) is 30.1 Å². The van der Waals surface area contributed by atoms with Crippen molar-refractivity contribution in [2.45, 2.75) is 36.6 Å². The van der Waals surface area contributed by atoms with Crippen LogP contribution < -0.4 is 0 Å². The van der Waals surface area contributed by atoms with Crippen molar-refractivity contribution in [2.75, 3.05) is 19.7 Å². The maximum atomic E-state index is 13.4. The third-order valence-corrected chi connectivity index (χ3v) is 8.58. The Morgan fingerprint density at radius 1 is 1.11 bits per heavy atom. The van der Waals surface area contributed by atoms with Gasteiger partial charge in [-0.25, -0.2) is 22.4 Å². The Bertz CT molecular complexity index is 1500. The van der Waals surface area contributed by atoms with Crippen LogP contribution in [0.3, 0.4) is 0 Å². The first kappa shape index (κ1) is 24.2. The number of nitroso groups, excluding NO2 is 1. The number of hydrogen-bond donors (Lipinski definition) is 1. The molecular weight excluding hydrogens is 478 g/mol. The summed E-state index contributed by atoms with van der Waals surface area (Å²) in [6.07, 6.45) is 4.45. The average molecular weight is 506 g/mol. The van der Waals surface area contributed by atoms with E-state index in [2.05, 4.69) is 20.0 Å². The second kappa shape index (κ2) is 9.88. The first-order valence-corrected chi connectivity index (χ1v) is 13.3. The fourth-order valence-corrected chi connectivity index (χ4v) is 6.39. The molecular formula is C26H27N5O4S. The van der Waals surface area contributed by atoms with Gasteiger partial charge >= 0.3 is 0 Å². The van der Waals surface area contributed by atoms with E-state index in [1.54, 1.807) is 42.5 Å². The van der Waals surface area contributed by atoms with Crippen LogP contribution in [-0.2, 0) is 10.0 Å². The number of hydrogen-bond acceptors (Lipinski definition) is 8. The van der Waals surface area contributed by atoms with E-state index < -0.39 is 10.0 Å². The number of aryl methyl sites for hydroxylation is 1. The smallest absolute Gasteiger partial charge is 0.269 e. The van der Waals surface area contributed by atoms with Crippen molar-refractivity contribution >= 4 is 26.7 Å². The minimum Gasteiger partial charge on any atom is -0.395 e. The molecule has 1 aliphatic rings. The van der Waals surface area contributed by atoms with Crippen molar-refractivity contribution in [1.82, 2.24) is 18.8 Å². The molecule has 186 valence electrons. The zero-order chi connectivity index (χ0) is 25.3. The van der Waals surface area contributed by atoms with Gasteiger partial charge in [0.2, 0.25) is 0 Å². The quantitative estimate of drug-likeness (QED) is 0.372. The van der Waals surface area contributed by atoms with Crippen LogP contribution in [0.1, 0.15) is 41.6 Å². The second-order valence-corrected chi connectivity index (χ2v) is 10.9. The van der Waals surface area contributed by atoms with Crippen molar-refractivity contribution in [3.05, 3.63) is 88.8 Å². The Hall–Kier alpha value is -3.47. The van der Waals surface area contributed by atoms with Gasteiger partial charge in [-0.2, -0.15) is 0 Å². The largest absolute Gasteiger partial charge is 0.395 e. The summed E-state index contributed by atoms with van der Waals surface area (Å²) >= 11 is 0. The van der Waals surface area contributed by atoms with Gasteiger partial charge in [-0.3, -0.25) is 4.90 Å². The van der Waals surface area contributed by atoms with Crippen LogP contribution in [0.5, 0.6) is 0 Å². The monoisotopic (exact) mass is 505 g/mol. The van der Waals surface area contributed by atoms with Crippen LogP contribution in [0.4, 0.5) is 5.69 Å². The summed E-state index contributed by atoms with van der Waals surface area (Å²) in [5.41, 5.74) is 3.45. The van der Waals surface area contributed by atoms with E-state index in [9.17, 15) is 18.4 Å². The molecule has 2 aromatic carbocycles. The van der Waals surface area contributed by atoms with Crippen LogP contribution in [0.2, 0.25) is 0 Å². The third-order valence-electron chi connectivity index (χ3n) is 6.90. The minimum atomic E-state index is -3.81. The summed E-state index contributed by atoms with van der Waals surface area (Å²) < 4.78 is 27.9. The number of β-amino-alcohol motifs (C(OH)–C–C–N with tert-alkyl or cyclic N) is 1. The number of benzene rings is 2. The van der Waals surface area contributed by atoms with Crippen molar-refractivity contribution < 1.29 is 13.5 Å². The highest BCUT2D eigenvalue weighted by molar-refractivity contribution is 7.90. The number of aliphatic hydroxyl groups is 1. The maximum Gasteiger partial charge on any atom is 0.269 e. The lowest BCUT2D eigenvalue weighted by Gasteiger charge is -2.39. The summed E-state index contributed by atoms with van der Waals surface area (Å²) in [7, 11) is -3.81. The van der Waals surface area contributed by atoms with Crippen LogP contribution in [0.25, 0.3) is 11.0 Å². The lowest BCUT2D eigenvalue weighted by atomic mass is 9.84. The van der Waals surface area contributed by atoms with Gasteiger partial charge in [-0.05, 0) is 67.4 Å². The molecule has 2 atom stereocenters. The van der Waals surface area contributed by atoms with Crippen molar-refractivity contribution in [3.63, 3.8) is 0 Å². The highest BCUT2D eigenvalue weighted by Gasteiger charge is 2.32. The molecule has 5 rings (SSSR count). The summed E-state index contributed by atoms with van der Waals surface area (Å²) in [6.45, 7) is 3.18. The molecule has 0 radical (unpaired) electrons. The highest BCUT2D eigenvalue weighted by Crippen LogP contribution is 2.41. The Kier molecular flexibility index (Phi) is 6.65. The molecule has 2 aromatic heterocycles. The highest BCUT2D eigenvalue weighted by atomic mass is 32.2. The summed E-state index contributed by atoms with van der Waals surface area (Å²) in [6, 6.07) is 15.7. The molecule has 1 aliphatic heterocycles. The lowest BCUT2D eigenvalue weighted by Crippen LogP contribution is -2.38. The molecule has 36 heavy (non-hydrogen) atoms. The number of aromatic nitrogens is 3. The van der Waals surface area contributed by atoms with E-state index in [1.165, 1.54) is 16.5 Å². The van der Waals surface area contributed by atoms with Crippen LogP contribution in [0.15, 0.2) is 77.2 Å². The Labute approximate surface area is 209 Å². The second-order valence-electron chi connectivity index (χ2n) is 9.11. The number of nitrogens with zero attached hydrogens (tertiary/aromatic N) is 5. The maximum absolute atomic E-state index is 13.4. The Balaban J connectivity index is 1.52. The molecule has 3 heterocycles. The molecule has 1 fully saturated rings. The lowest BCUT2D eigenvalue weighted by molar-refractivity contribution is 0.106. The van der Waals surface area contributed by atoms with Gasteiger partial charge in [0.25, 0.3) is 10.0 Å². The van der Waals surface area contributed by atoms with Crippen molar-refractivity contribution in [2.24, 2.45) is 5.18 Å². The van der Waals surface area contributed by atoms with Gasteiger partial charge in [0.05, 0.1) is 17.2 Å². The fourth-order valence-electron chi connectivity index (χ4n) is 5.08. The SMILES string of the molecule is Cc1ccc(S(=O)(=O)n2ccc3c(C4CCN(CCO)C(c5cccc(N=O)c5)C4)ncnc32)cc1. The van der Waals surface area contributed by atoms with E-state index in [1.807, 2.05) is 19.1 Å². The zero-order valence-electron chi connectivity index (χ0n) is 19.9. The zero-order valence-corrected chi connectivity index (χ0v) is 20.7. The van der Waals surface area contributed by atoms with Gasteiger partial charge < -0.3 is 5.11 Å². The fraction of sp³-hybridized carbons (Fsp3) is 0.308. The number of likely N-dealkylation sites (tertiary alicyclic amines) is 1. The van der Waals surface area contributed by atoms with Gasteiger partial charge in [0.15, 0.2) is 5.65 Å². The normalized spacial score (nSPS) is 18.9. The molecule has 0 spiro atoms. The third kappa shape index (κ3) is 4.43. The molecule has 0 amide bonds. The molecule has 2 unspecified atom stereocenters. The van der Waals surface area contributed by atoms with Gasteiger partial charge in [-0.15, -0.1) is 4.91 Å². The van der Waals surface area contributed by atoms with E-state index in [-0.39, 0.29) is 23.5 Å². The molecule has 1 saturated heterocycles. The molecule has 0 saturated carbocycles. The minimum absolute atomic E-state index is 0.0320. The first-order chi connectivity index (χ1) is 17.4. The van der Waals surface area contributed by atoms with Gasteiger partial charge in [-0.1, -0.05) is 29.8 Å². The Morgan fingerprint density at radius 3 is 2.67 bits per heavy atom. The van der Waals surface area contributed by atoms with Crippen LogP contribution in [0, 0.1) is 11.8 Å². The molecule has 4 aromatic rings. The van der Waals surface area contributed by atoms with Crippen LogP contribution in [-0.4, -0.2) is 52.1 Å². The number of piperidine rings is 1. The summed E-state index contributed by atoms with van der Waals surface area (Å²) in [4.78, 5) is 22.4. The molecule has 9 nitrogen and oxygen atoms in total. The summed E-state index contributed by atoms with van der Waals surface area (Å²) in [5.74, 6) is 0.0428. The summed E-state index contributed by atoms with van der Waals surface area (Å²) in [5, 5.41) is 13.4. The predicted molar refractivity (Wildman–Crippen MR) is 137 cm³/mol. The van der Waals surface area contributed by atoms with Crippen molar-refractivity contribution in [3.8, 4) is 0 Å². The van der Waals surface area contributed by atoms with Gasteiger partial charge in [0.1, 0.15) is 12.0 Å². The molecule has 0 bridgehead atoms. The number of fused-ring (bicyclic) bond motifs is 1. The molecule has 1 N–H and O–H groups in total. The van der Waals surface area contributed by atoms with E-state index >= 15 is 0 Å². The number of aliphatic hydroxyl groups excluding tert-OH is 1. The van der Waals surface area contributed by atoms with E-state index in [0.717, 1.165) is 29.8 Å². The average Bonchev–Trinajstić information content (AvgIpc) is 3.35. The molecule has 0 aliphatic carbocycles. The first-order valence-electron chi connectivity index (χ1n) is 11.8. The standard InChI is InChI=1S/C26H27N5O4S/c1-18-5-7-22(8-6-18)36(34,35)31-12-10-23-25(27-17-28-26(23)31)20-9-11-30(13-14-32)24(16-20)19-3-2-4-21(15-19)29-33/h2-8,10,12,15,17,20,24,32H,9,11,13-14,16H2,1H3.